The second kappa shape index (κ2) is 6.40. The molecule has 0 atom stereocenters. The summed E-state index contributed by atoms with van der Waals surface area (Å²) in [5.74, 6) is -3.43. The van der Waals surface area contributed by atoms with Gasteiger partial charge in [0.2, 0.25) is 0 Å². The van der Waals surface area contributed by atoms with E-state index in [1.165, 1.54) is 18.2 Å². The van der Waals surface area contributed by atoms with E-state index >= 15 is 0 Å². The molecule has 102 valence electrons. The van der Waals surface area contributed by atoms with Gasteiger partial charge in [-0.3, -0.25) is 14.4 Å². The summed E-state index contributed by atoms with van der Waals surface area (Å²) in [5, 5.41) is 17.7. The number of hydrogen-bond acceptors (Lipinski definition) is 3. The SMILES string of the molecule is O=C(O)CN(CC(=O)O)C(=O)c1ccc(Cl)cc1Cl. The van der Waals surface area contributed by atoms with Crippen LogP contribution < -0.4 is 0 Å². The van der Waals surface area contributed by atoms with Crippen LogP contribution in [-0.2, 0) is 9.59 Å². The van der Waals surface area contributed by atoms with E-state index in [1.54, 1.807) is 0 Å². The fourth-order valence-corrected chi connectivity index (χ4v) is 1.85. The fraction of sp³-hybridized carbons (Fsp3) is 0.182. The molecule has 0 unspecified atom stereocenters. The molecule has 0 saturated carbocycles. The molecule has 6 nitrogen and oxygen atoms in total. The average Bonchev–Trinajstić information content (AvgIpc) is 2.26. The van der Waals surface area contributed by atoms with Crippen LogP contribution in [0.4, 0.5) is 0 Å². The average molecular weight is 306 g/mol. The Balaban J connectivity index is 3.04. The lowest BCUT2D eigenvalue weighted by Gasteiger charge is -2.19. The Labute approximate surface area is 118 Å². The predicted octanol–water partition coefficient (Wildman–Crippen LogP) is 1.60. The molecular weight excluding hydrogens is 297 g/mol. The van der Waals surface area contributed by atoms with E-state index in [0.29, 0.717) is 9.92 Å². The van der Waals surface area contributed by atoms with Gasteiger partial charge >= 0.3 is 11.9 Å². The van der Waals surface area contributed by atoms with Crippen molar-refractivity contribution in [2.24, 2.45) is 0 Å². The standard InChI is InChI=1S/C11H9Cl2NO5/c12-6-1-2-7(8(13)3-6)11(19)14(4-9(15)16)5-10(17)18/h1-3H,4-5H2,(H,15,16)(H,17,18). The minimum atomic E-state index is -1.32. The number of halogens is 2. The molecule has 0 heterocycles. The Morgan fingerprint density at radius 2 is 1.58 bits per heavy atom. The highest BCUT2D eigenvalue weighted by Gasteiger charge is 2.22. The smallest absolute Gasteiger partial charge is 0.323 e. The molecular formula is C11H9Cl2NO5. The number of carboxylic acid groups (broad SMARTS) is 2. The van der Waals surface area contributed by atoms with Gasteiger partial charge in [0.25, 0.3) is 5.91 Å². The number of carbonyl (C=O) groups is 3. The minimum absolute atomic E-state index is 0.00596. The number of aliphatic carboxylic acids is 2. The van der Waals surface area contributed by atoms with Crippen molar-refractivity contribution in [1.82, 2.24) is 4.90 Å². The van der Waals surface area contributed by atoms with E-state index in [9.17, 15) is 14.4 Å². The van der Waals surface area contributed by atoms with Crippen LogP contribution in [0.3, 0.4) is 0 Å². The molecule has 0 saturated heterocycles. The normalized spacial score (nSPS) is 10.0. The van der Waals surface area contributed by atoms with E-state index in [-0.39, 0.29) is 10.6 Å². The van der Waals surface area contributed by atoms with Crippen LogP contribution in [0.25, 0.3) is 0 Å². The maximum Gasteiger partial charge on any atom is 0.323 e. The number of benzene rings is 1. The summed E-state index contributed by atoms with van der Waals surface area (Å²) in [4.78, 5) is 33.9. The van der Waals surface area contributed by atoms with E-state index in [0.717, 1.165) is 0 Å². The molecule has 0 aliphatic rings. The van der Waals surface area contributed by atoms with Crippen LogP contribution in [0, 0.1) is 0 Å². The van der Waals surface area contributed by atoms with Crippen molar-refractivity contribution in [3.63, 3.8) is 0 Å². The highest BCUT2D eigenvalue weighted by Crippen LogP contribution is 2.22. The van der Waals surface area contributed by atoms with Gasteiger partial charge in [0.1, 0.15) is 13.1 Å². The lowest BCUT2D eigenvalue weighted by Crippen LogP contribution is -2.39. The number of rotatable bonds is 5. The van der Waals surface area contributed by atoms with Gasteiger partial charge in [0, 0.05) is 5.02 Å². The van der Waals surface area contributed by atoms with Gasteiger partial charge < -0.3 is 15.1 Å². The van der Waals surface area contributed by atoms with Gasteiger partial charge in [-0.2, -0.15) is 0 Å². The van der Waals surface area contributed by atoms with Crippen molar-refractivity contribution in [3.8, 4) is 0 Å². The molecule has 1 rings (SSSR count). The van der Waals surface area contributed by atoms with Gasteiger partial charge in [-0.15, -0.1) is 0 Å². The minimum Gasteiger partial charge on any atom is -0.480 e. The zero-order chi connectivity index (χ0) is 14.6. The molecule has 0 spiro atoms. The highest BCUT2D eigenvalue weighted by molar-refractivity contribution is 6.36. The van der Waals surface area contributed by atoms with Crippen LogP contribution in [0.2, 0.25) is 10.0 Å². The van der Waals surface area contributed by atoms with Crippen molar-refractivity contribution in [1.29, 1.82) is 0 Å². The number of carboxylic acids is 2. The van der Waals surface area contributed by atoms with Crippen LogP contribution in [0.1, 0.15) is 10.4 Å². The molecule has 0 radical (unpaired) electrons. The predicted molar refractivity (Wildman–Crippen MR) is 67.6 cm³/mol. The van der Waals surface area contributed by atoms with E-state index in [4.69, 9.17) is 33.4 Å². The zero-order valence-electron chi connectivity index (χ0n) is 9.47. The molecule has 1 aromatic carbocycles. The number of amides is 1. The summed E-state index contributed by atoms with van der Waals surface area (Å²) in [6.45, 7) is -1.46. The van der Waals surface area contributed by atoms with Crippen molar-refractivity contribution < 1.29 is 24.6 Å². The summed E-state index contributed by atoms with van der Waals surface area (Å²) >= 11 is 11.5. The molecule has 19 heavy (non-hydrogen) atoms. The molecule has 0 bridgehead atoms. The van der Waals surface area contributed by atoms with Gasteiger partial charge in [-0.1, -0.05) is 23.2 Å². The molecule has 1 aromatic rings. The number of nitrogens with zero attached hydrogens (tertiary/aromatic N) is 1. The van der Waals surface area contributed by atoms with Gasteiger partial charge in [-0.05, 0) is 18.2 Å². The Bertz CT molecular complexity index is 516. The van der Waals surface area contributed by atoms with E-state index < -0.39 is 30.9 Å². The molecule has 0 aliphatic carbocycles. The van der Waals surface area contributed by atoms with E-state index in [2.05, 4.69) is 0 Å². The highest BCUT2D eigenvalue weighted by atomic mass is 35.5. The molecule has 0 aliphatic heterocycles. The van der Waals surface area contributed by atoms with Crippen LogP contribution in [-0.4, -0.2) is 46.0 Å². The summed E-state index contributed by atoms with van der Waals surface area (Å²) in [7, 11) is 0. The first-order chi connectivity index (χ1) is 8.81. The maximum absolute atomic E-state index is 12.0. The first-order valence-corrected chi connectivity index (χ1v) is 5.74. The summed E-state index contributed by atoms with van der Waals surface area (Å²) < 4.78 is 0. The third-order valence-corrected chi connectivity index (χ3v) is 2.65. The van der Waals surface area contributed by atoms with Crippen molar-refractivity contribution in [2.45, 2.75) is 0 Å². The Morgan fingerprint density at radius 3 is 2.00 bits per heavy atom. The molecule has 0 aromatic heterocycles. The van der Waals surface area contributed by atoms with Crippen molar-refractivity contribution in [2.75, 3.05) is 13.1 Å². The number of hydrogen-bond donors (Lipinski definition) is 2. The van der Waals surface area contributed by atoms with Crippen LogP contribution in [0.5, 0.6) is 0 Å². The third kappa shape index (κ3) is 4.42. The Kier molecular flexibility index (Phi) is 5.14. The number of carbonyl (C=O) groups excluding carboxylic acids is 1. The van der Waals surface area contributed by atoms with Crippen molar-refractivity contribution in [3.05, 3.63) is 33.8 Å². The summed E-state index contributed by atoms with van der Waals surface area (Å²) in [6, 6.07) is 4.03. The topological polar surface area (TPSA) is 94.9 Å². The molecule has 8 heteroatoms. The Hall–Kier alpha value is -1.79. The largest absolute Gasteiger partial charge is 0.480 e. The fourth-order valence-electron chi connectivity index (χ4n) is 1.36. The quantitative estimate of drug-likeness (QED) is 0.861. The van der Waals surface area contributed by atoms with Gasteiger partial charge in [0.05, 0.1) is 10.6 Å². The maximum atomic E-state index is 12.0. The second-order valence-electron chi connectivity index (χ2n) is 3.57. The molecule has 2 N–H and O–H groups in total. The summed E-state index contributed by atoms with van der Waals surface area (Å²) in [6.07, 6.45) is 0. The first kappa shape index (κ1) is 15.3. The summed E-state index contributed by atoms with van der Waals surface area (Å²) in [5.41, 5.74) is -0.00596. The van der Waals surface area contributed by atoms with Crippen molar-refractivity contribution >= 4 is 41.0 Å². The zero-order valence-corrected chi connectivity index (χ0v) is 11.0. The molecule has 0 fully saturated rings. The second-order valence-corrected chi connectivity index (χ2v) is 4.42. The van der Waals surface area contributed by atoms with E-state index in [1.807, 2.05) is 0 Å². The first-order valence-electron chi connectivity index (χ1n) is 4.99. The van der Waals surface area contributed by atoms with Gasteiger partial charge in [0.15, 0.2) is 0 Å². The van der Waals surface area contributed by atoms with Gasteiger partial charge in [-0.25, -0.2) is 0 Å². The Morgan fingerprint density at radius 1 is 1.05 bits per heavy atom. The monoisotopic (exact) mass is 305 g/mol. The van der Waals surface area contributed by atoms with Crippen LogP contribution >= 0.6 is 23.2 Å². The third-order valence-electron chi connectivity index (χ3n) is 2.10. The lowest BCUT2D eigenvalue weighted by atomic mass is 10.2. The van der Waals surface area contributed by atoms with Crippen LogP contribution in [0.15, 0.2) is 18.2 Å². The lowest BCUT2D eigenvalue weighted by molar-refractivity contribution is -0.140. The molecule has 1 amide bonds.